The zero-order chi connectivity index (χ0) is 14.8. The maximum Gasteiger partial charge on any atom is 0.254 e. The smallest absolute Gasteiger partial charge is 0.254 e. The first kappa shape index (κ1) is 14.2. The number of amides is 1. The molecule has 1 aromatic carbocycles. The second-order valence-corrected chi connectivity index (χ2v) is 5.73. The molecule has 3 atom stereocenters. The average Bonchev–Trinajstić information content (AvgIpc) is 3.28. The van der Waals surface area contributed by atoms with Gasteiger partial charge in [-0.2, -0.15) is 0 Å². The summed E-state index contributed by atoms with van der Waals surface area (Å²) < 4.78 is 5.40. The van der Waals surface area contributed by atoms with Crippen LogP contribution in [0.4, 0.5) is 0 Å². The third-order valence-corrected chi connectivity index (χ3v) is 4.13. The van der Waals surface area contributed by atoms with Gasteiger partial charge in [0.15, 0.2) is 12.5 Å². The molecule has 2 fully saturated rings. The molecule has 112 valence electrons. The zero-order valence-electron chi connectivity index (χ0n) is 11.7. The van der Waals surface area contributed by atoms with Crippen LogP contribution in [0.3, 0.4) is 0 Å². The molecule has 1 saturated carbocycles. The zero-order valence-corrected chi connectivity index (χ0v) is 11.7. The number of aliphatic hydroxyl groups excluding tert-OH is 1. The molecule has 5 nitrogen and oxygen atoms in total. The summed E-state index contributed by atoms with van der Waals surface area (Å²) in [6, 6.07) is 9.56. The lowest BCUT2D eigenvalue weighted by molar-refractivity contribution is -0.150. The second kappa shape index (κ2) is 5.95. The number of aliphatic hydroxyl groups is 1. The molecule has 1 N–H and O–H groups in total. The lowest BCUT2D eigenvalue weighted by Crippen LogP contribution is -2.49. The van der Waals surface area contributed by atoms with E-state index in [-0.39, 0.29) is 17.9 Å². The third kappa shape index (κ3) is 2.99. The van der Waals surface area contributed by atoms with E-state index in [1.54, 1.807) is 0 Å². The summed E-state index contributed by atoms with van der Waals surface area (Å²) in [5.41, 5.74) is 1.08. The van der Waals surface area contributed by atoms with E-state index >= 15 is 0 Å². The van der Waals surface area contributed by atoms with E-state index in [1.165, 1.54) is 4.90 Å². The van der Waals surface area contributed by atoms with Gasteiger partial charge in [-0.05, 0) is 30.7 Å². The van der Waals surface area contributed by atoms with Crippen LogP contribution >= 0.6 is 0 Å². The largest absolute Gasteiger partial charge is 0.383 e. The highest BCUT2D eigenvalue weighted by Gasteiger charge is 2.44. The Labute approximate surface area is 123 Å². The van der Waals surface area contributed by atoms with Crippen LogP contribution in [0, 0.1) is 5.92 Å². The number of hydrogen-bond donors (Lipinski definition) is 1. The molecule has 0 spiro atoms. The van der Waals surface area contributed by atoms with Gasteiger partial charge < -0.3 is 14.7 Å². The summed E-state index contributed by atoms with van der Waals surface area (Å²) in [6.07, 6.45) is 1.11. The number of rotatable bonds is 5. The number of carbonyl (C=O) groups excluding carboxylic acids is 2. The molecule has 1 saturated heterocycles. The van der Waals surface area contributed by atoms with Gasteiger partial charge in [-0.15, -0.1) is 0 Å². The molecule has 2 aliphatic rings. The van der Waals surface area contributed by atoms with E-state index in [9.17, 15) is 14.7 Å². The molecular formula is C16H19NO4. The summed E-state index contributed by atoms with van der Waals surface area (Å²) in [7, 11) is 0. The van der Waals surface area contributed by atoms with E-state index in [4.69, 9.17) is 4.74 Å². The van der Waals surface area contributed by atoms with E-state index < -0.39 is 12.3 Å². The highest BCUT2D eigenvalue weighted by molar-refractivity contribution is 5.84. The molecule has 1 aromatic rings. The predicted molar refractivity (Wildman–Crippen MR) is 75.3 cm³/mol. The van der Waals surface area contributed by atoms with Crippen LogP contribution in [0.15, 0.2) is 30.3 Å². The first-order chi connectivity index (χ1) is 10.2. The van der Waals surface area contributed by atoms with Gasteiger partial charge in [0.2, 0.25) is 0 Å². The van der Waals surface area contributed by atoms with Crippen LogP contribution in [0.1, 0.15) is 18.4 Å². The van der Waals surface area contributed by atoms with E-state index in [1.807, 2.05) is 30.3 Å². The van der Waals surface area contributed by atoms with E-state index in [0.29, 0.717) is 19.3 Å². The predicted octanol–water partition coefficient (Wildman–Crippen LogP) is 0.752. The van der Waals surface area contributed by atoms with Crippen LogP contribution < -0.4 is 0 Å². The third-order valence-electron chi connectivity index (χ3n) is 4.13. The fourth-order valence-corrected chi connectivity index (χ4v) is 2.80. The summed E-state index contributed by atoms with van der Waals surface area (Å²) >= 11 is 0. The molecule has 3 rings (SSSR count). The normalized spacial score (nSPS) is 26.6. The Morgan fingerprint density at radius 1 is 1.38 bits per heavy atom. The van der Waals surface area contributed by atoms with Crippen molar-refractivity contribution in [2.45, 2.75) is 37.6 Å². The van der Waals surface area contributed by atoms with E-state index in [2.05, 4.69) is 0 Å². The van der Waals surface area contributed by atoms with Gasteiger partial charge in [0.1, 0.15) is 6.10 Å². The first-order valence-corrected chi connectivity index (χ1v) is 7.31. The molecule has 1 unspecified atom stereocenters. The van der Waals surface area contributed by atoms with Crippen molar-refractivity contribution in [2.75, 3.05) is 6.61 Å². The standard InChI is InChI=1S/C16H19NO4/c18-9-14-17(16(20)15(19)12-6-7-12)13(10-21-14)8-11-4-2-1-3-5-11/h1-5,9,12-15,19H,6-8,10H2/t13-,14?,15-/m0/s1. The quantitative estimate of drug-likeness (QED) is 0.812. The lowest BCUT2D eigenvalue weighted by atomic mass is 10.0. The van der Waals surface area contributed by atoms with E-state index in [0.717, 1.165) is 18.4 Å². The van der Waals surface area contributed by atoms with Gasteiger partial charge in [-0.1, -0.05) is 30.3 Å². The van der Waals surface area contributed by atoms with Crippen LogP contribution in [0.5, 0.6) is 0 Å². The van der Waals surface area contributed by atoms with Crippen molar-refractivity contribution in [3.8, 4) is 0 Å². The number of ether oxygens (including phenoxy) is 1. The second-order valence-electron chi connectivity index (χ2n) is 5.73. The van der Waals surface area contributed by atoms with Gasteiger partial charge in [0, 0.05) is 0 Å². The minimum atomic E-state index is -1.01. The maximum absolute atomic E-state index is 12.4. The summed E-state index contributed by atoms with van der Waals surface area (Å²) in [6.45, 7) is 0.321. The van der Waals surface area contributed by atoms with Crippen LogP contribution in [-0.2, 0) is 20.7 Å². The first-order valence-electron chi connectivity index (χ1n) is 7.31. The Balaban J connectivity index is 1.75. The Morgan fingerprint density at radius 2 is 2.10 bits per heavy atom. The Kier molecular flexibility index (Phi) is 4.03. The molecular weight excluding hydrogens is 270 g/mol. The highest BCUT2D eigenvalue weighted by Crippen LogP contribution is 2.34. The fraction of sp³-hybridized carbons (Fsp3) is 0.500. The molecule has 1 aliphatic carbocycles. The molecule has 0 radical (unpaired) electrons. The number of aldehydes is 1. The Hall–Kier alpha value is -1.72. The summed E-state index contributed by atoms with van der Waals surface area (Å²) in [5, 5.41) is 10.1. The number of hydrogen-bond acceptors (Lipinski definition) is 4. The molecule has 0 aromatic heterocycles. The van der Waals surface area contributed by atoms with Crippen molar-refractivity contribution in [1.29, 1.82) is 0 Å². The van der Waals surface area contributed by atoms with Crippen LogP contribution in [-0.4, -0.2) is 47.2 Å². The van der Waals surface area contributed by atoms with Crippen molar-refractivity contribution in [2.24, 2.45) is 5.92 Å². The summed E-state index contributed by atoms with van der Waals surface area (Å²) in [5.74, 6) is -0.337. The minimum Gasteiger partial charge on any atom is -0.383 e. The molecule has 1 amide bonds. The topological polar surface area (TPSA) is 66.8 Å². The summed E-state index contributed by atoms with van der Waals surface area (Å²) in [4.78, 5) is 25.0. The molecule has 0 bridgehead atoms. The molecule has 21 heavy (non-hydrogen) atoms. The average molecular weight is 289 g/mol. The van der Waals surface area contributed by atoms with Gasteiger partial charge in [-0.3, -0.25) is 9.59 Å². The van der Waals surface area contributed by atoms with Crippen molar-refractivity contribution in [3.63, 3.8) is 0 Å². The molecule has 1 heterocycles. The van der Waals surface area contributed by atoms with Crippen LogP contribution in [0.25, 0.3) is 0 Å². The fourth-order valence-electron chi connectivity index (χ4n) is 2.80. The number of carbonyl (C=O) groups is 2. The molecule has 5 heteroatoms. The van der Waals surface area contributed by atoms with Crippen molar-refractivity contribution >= 4 is 12.2 Å². The lowest BCUT2D eigenvalue weighted by Gasteiger charge is -2.28. The van der Waals surface area contributed by atoms with Gasteiger partial charge in [0.25, 0.3) is 5.91 Å². The Bertz CT molecular complexity index is 514. The van der Waals surface area contributed by atoms with Crippen molar-refractivity contribution < 1.29 is 19.4 Å². The number of benzene rings is 1. The van der Waals surface area contributed by atoms with Crippen molar-refractivity contribution in [1.82, 2.24) is 4.90 Å². The van der Waals surface area contributed by atoms with Crippen molar-refractivity contribution in [3.05, 3.63) is 35.9 Å². The van der Waals surface area contributed by atoms with Gasteiger partial charge in [-0.25, -0.2) is 0 Å². The van der Waals surface area contributed by atoms with Gasteiger partial charge in [0.05, 0.1) is 12.6 Å². The highest BCUT2D eigenvalue weighted by atomic mass is 16.5. The maximum atomic E-state index is 12.4. The van der Waals surface area contributed by atoms with Crippen LogP contribution in [0.2, 0.25) is 0 Å². The van der Waals surface area contributed by atoms with Gasteiger partial charge >= 0.3 is 0 Å². The minimum absolute atomic E-state index is 0.0442. The Morgan fingerprint density at radius 3 is 2.71 bits per heavy atom. The molecule has 1 aliphatic heterocycles. The monoisotopic (exact) mass is 289 g/mol. The SMILES string of the molecule is O=CC1OC[C@H](Cc2ccccc2)N1C(=O)[C@@H](O)C1CC1. The number of nitrogens with zero attached hydrogens (tertiary/aromatic N) is 1.